The fourth-order valence-electron chi connectivity index (χ4n) is 1.75. The third-order valence-corrected chi connectivity index (χ3v) is 2.79. The first-order chi connectivity index (χ1) is 10.2. The Balaban J connectivity index is 2.05. The summed E-state index contributed by atoms with van der Waals surface area (Å²) in [6.45, 7) is 0. The van der Waals surface area contributed by atoms with Gasteiger partial charge < -0.3 is 14.2 Å². The summed E-state index contributed by atoms with van der Waals surface area (Å²) >= 11 is 0. The van der Waals surface area contributed by atoms with E-state index in [0.29, 0.717) is 11.5 Å². The van der Waals surface area contributed by atoms with Crippen molar-refractivity contribution in [2.24, 2.45) is 0 Å². The van der Waals surface area contributed by atoms with Gasteiger partial charge in [-0.1, -0.05) is 24.3 Å². The Morgan fingerprint density at radius 3 is 2.43 bits per heavy atom. The van der Waals surface area contributed by atoms with Gasteiger partial charge in [0.05, 0.1) is 14.2 Å². The third kappa shape index (κ3) is 4.11. The second-order valence-corrected chi connectivity index (χ2v) is 4.18. The summed E-state index contributed by atoms with van der Waals surface area (Å²) in [5.74, 6) is 1.17. The lowest BCUT2D eigenvalue weighted by molar-refractivity contribution is -0.129. The molecule has 0 fully saturated rings. The summed E-state index contributed by atoms with van der Waals surface area (Å²) < 4.78 is 15.5. The Kier molecular flexibility index (Phi) is 4.99. The summed E-state index contributed by atoms with van der Waals surface area (Å²) in [5.41, 5.74) is 0.853. The van der Waals surface area contributed by atoms with Gasteiger partial charge in [0.15, 0.2) is 11.5 Å². The van der Waals surface area contributed by atoms with E-state index in [4.69, 9.17) is 14.2 Å². The molecule has 0 aliphatic rings. The normalized spacial score (nSPS) is 10.4. The van der Waals surface area contributed by atoms with Crippen molar-refractivity contribution in [3.63, 3.8) is 0 Å². The van der Waals surface area contributed by atoms with Crippen LogP contribution >= 0.6 is 0 Å². The second-order valence-electron chi connectivity index (χ2n) is 4.18. The van der Waals surface area contributed by atoms with Crippen LogP contribution in [0.3, 0.4) is 0 Å². The summed E-state index contributed by atoms with van der Waals surface area (Å²) in [7, 11) is 3.12. The van der Waals surface area contributed by atoms with Crippen molar-refractivity contribution in [3.8, 4) is 17.2 Å². The highest BCUT2D eigenvalue weighted by Gasteiger charge is 2.06. The number of carbonyl (C=O) groups excluding carboxylic acids is 1. The van der Waals surface area contributed by atoms with E-state index in [2.05, 4.69) is 0 Å². The lowest BCUT2D eigenvalue weighted by Crippen LogP contribution is -2.04. The van der Waals surface area contributed by atoms with Crippen LogP contribution in [0.5, 0.6) is 17.2 Å². The number of carbonyl (C=O) groups is 1. The van der Waals surface area contributed by atoms with E-state index in [9.17, 15) is 4.79 Å². The number of benzene rings is 2. The number of ether oxygens (including phenoxy) is 3. The first-order valence-electron chi connectivity index (χ1n) is 6.40. The SMILES string of the molecule is COc1cccc(/C=C/C(=O)Oc2ccccc2OC)c1. The second kappa shape index (κ2) is 7.14. The Hall–Kier alpha value is -2.75. The first kappa shape index (κ1) is 14.7. The average molecular weight is 284 g/mol. The van der Waals surface area contributed by atoms with E-state index in [-0.39, 0.29) is 0 Å². The van der Waals surface area contributed by atoms with Gasteiger partial charge in [-0.25, -0.2) is 4.79 Å². The van der Waals surface area contributed by atoms with Gasteiger partial charge in [0.1, 0.15) is 5.75 Å². The molecule has 0 heterocycles. The lowest BCUT2D eigenvalue weighted by atomic mass is 10.2. The number of rotatable bonds is 5. The molecule has 0 aromatic heterocycles. The number of para-hydroxylation sites is 2. The molecule has 108 valence electrons. The molecule has 0 saturated heterocycles. The van der Waals surface area contributed by atoms with Gasteiger partial charge in [-0.05, 0) is 35.9 Å². The topological polar surface area (TPSA) is 44.8 Å². The quantitative estimate of drug-likeness (QED) is 0.480. The minimum Gasteiger partial charge on any atom is -0.497 e. The number of esters is 1. The van der Waals surface area contributed by atoms with E-state index >= 15 is 0 Å². The standard InChI is InChI=1S/C17H16O4/c1-19-14-7-5-6-13(12-14)10-11-17(18)21-16-9-4-3-8-15(16)20-2/h3-12H,1-2H3/b11-10+. The van der Waals surface area contributed by atoms with E-state index in [1.807, 2.05) is 30.3 Å². The van der Waals surface area contributed by atoms with E-state index in [1.54, 1.807) is 31.4 Å². The Bertz CT molecular complexity index is 647. The van der Waals surface area contributed by atoms with Gasteiger partial charge in [0, 0.05) is 6.08 Å². The molecule has 2 aromatic carbocycles. The van der Waals surface area contributed by atoms with Crippen LogP contribution in [0.15, 0.2) is 54.6 Å². The third-order valence-electron chi connectivity index (χ3n) is 2.79. The largest absolute Gasteiger partial charge is 0.497 e. The predicted molar refractivity (Wildman–Crippen MR) is 80.7 cm³/mol. The molecular formula is C17H16O4. The van der Waals surface area contributed by atoms with Crippen molar-refractivity contribution in [2.45, 2.75) is 0 Å². The van der Waals surface area contributed by atoms with Gasteiger partial charge in [0.2, 0.25) is 0 Å². The molecule has 0 atom stereocenters. The van der Waals surface area contributed by atoms with Crippen LogP contribution in [0.1, 0.15) is 5.56 Å². The van der Waals surface area contributed by atoms with Crippen LogP contribution in [0.25, 0.3) is 6.08 Å². The lowest BCUT2D eigenvalue weighted by Gasteiger charge is -2.06. The average Bonchev–Trinajstić information content (AvgIpc) is 2.53. The monoisotopic (exact) mass is 284 g/mol. The summed E-state index contributed by atoms with van der Waals surface area (Å²) in [4.78, 5) is 11.8. The van der Waals surface area contributed by atoms with Crippen LogP contribution < -0.4 is 14.2 Å². The molecule has 0 amide bonds. The number of methoxy groups -OCH3 is 2. The number of hydrogen-bond donors (Lipinski definition) is 0. The molecule has 4 heteroatoms. The van der Waals surface area contributed by atoms with Crippen LogP contribution in [-0.2, 0) is 4.79 Å². The highest BCUT2D eigenvalue weighted by atomic mass is 16.6. The molecular weight excluding hydrogens is 268 g/mol. The molecule has 0 N–H and O–H groups in total. The van der Waals surface area contributed by atoms with Crippen molar-refractivity contribution in [1.29, 1.82) is 0 Å². The van der Waals surface area contributed by atoms with E-state index in [1.165, 1.54) is 13.2 Å². The maximum absolute atomic E-state index is 11.8. The zero-order valence-corrected chi connectivity index (χ0v) is 11.9. The molecule has 0 saturated carbocycles. The molecule has 2 aromatic rings. The van der Waals surface area contributed by atoms with Gasteiger partial charge >= 0.3 is 5.97 Å². The Labute approximate surface area is 123 Å². The fourth-order valence-corrected chi connectivity index (χ4v) is 1.75. The van der Waals surface area contributed by atoms with Crippen molar-refractivity contribution in [3.05, 3.63) is 60.2 Å². The van der Waals surface area contributed by atoms with Gasteiger partial charge in [-0.2, -0.15) is 0 Å². The molecule has 0 spiro atoms. The predicted octanol–water partition coefficient (Wildman–Crippen LogP) is 3.32. The minimum atomic E-state index is -0.470. The summed E-state index contributed by atoms with van der Waals surface area (Å²) in [6.07, 6.45) is 3.03. The summed E-state index contributed by atoms with van der Waals surface area (Å²) in [5, 5.41) is 0. The minimum absolute atomic E-state index is 0.389. The zero-order chi connectivity index (χ0) is 15.1. The van der Waals surface area contributed by atoms with Gasteiger partial charge in [-0.15, -0.1) is 0 Å². The van der Waals surface area contributed by atoms with Crippen molar-refractivity contribution in [2.75, 3.05) is 14.2 Å². The molecule has 0 unspecified atom stereocenters. The smallest absolute Gasteiger partial charge is 0.336 e. The number of hydrogen-bond acceptors (Lipinski definition) is 4. The van der Waals surface area contributed by atoms with Crippen LogP contribution in [-0.4, -0.2) is 20.2 Å². The van der Waals surface area contributed by atoms with E-state index in [0.717, 1.165) is 11.3 Å². The van der Waals surface area contributed by atoms with Crippen molar-refractivity contribution < 1.29 is 19.0 Å². The molecule has 21 heavy (non-hydrogen) atoms. The van der Waals surface area contributed by atoms with Gasteiger partial charge in [0.25, 0.3) is 0 Å². The van der Waals surface area contributed by atoms with Crippen LogP contribution in [0, 0.1) is 0 Å². The maximum atomic E-state index is 11.8. The highest BCUT2D eigenvalue weighted by Crippen LogP contribution is 2.26. The van der Waals surface area contributed by atoms with Crippen LogP contribution in [0.4, 0.5) is 0 Å². The molecule has 0 aliphatic carbocycles. The van der Waals surface area contributed by atoms with Gasteiger partial charge in [-0.3, -0.25) is 0 Å². The van der Waals surface area contributed by atoms with Crippen molar-refractivity contribution in [1.82, 2.24) is 0 Å². The van der Waals surface area contributed by atoms with Crippen molar-refractivity contribution >= 4 is 12.0 Å². The molecule has 4 nitrogen and oxygen atoms in total. The van der Waals surface area contributed by atoms with Crippen LogP contribution in [0.2, 0.25) is 0 Å². The first-order valence-corrected chi connectivity index (χ1v) is 6.40. The van der Waals surface area contributed by atoms with E-state index < -0.39 is 5.97 Å². The Morgan fingerprint density at radius 2 is 1.71 bits per heavy atom. The molecule has 0 bridgehead atoms. The molecule has 0 radical (unpaired) electrons. The zero-order valence-electron chi connectivity index (χ0n) is 11.9. The Morgan fingerprint density at radius 1 is 0.952 bits per heavy atom. The summed E-state index contributed by atoms with van der Waals surface area (Å²) in [6, 6.07) is 14.4. The molecule has 0 aliphatic heterocycles. The fraction of sp³-hybridized carbons (Fsp3) is 0.118. The highest BCUT2D eigenvalue weighted by molar-refractivity contribution is 5.89. The maximum Gasteiger partial charge on any atom is 0.336 e. The molecule has 2 rings (SSSR count).